The van der Waals surface area contributed by atoms with Crippen LogP contribution in [-0.4, -0.2) is 43.3 Å². The van der Waals surface area contributed by atoms with E-state index in [2.05, 4.69) is 22.2 Å². The fourth-order valence-corrected chi connectivity index (χ4v) is 4.65. The number of anilines is 1. The van der Waals surface area contributed by atoms with E-state index in [1.165, 1.54) is 37.3 Å². The van der Waals surface area contributed by atoms with Gasteiger partial charge in [-0.2, -0.15) is 0 Å². The van der Waals surface area contributed by atoms with Gasteiger partial charge in [0.05, 0.1) is 20.0 Å². The Morgan fingerprint density at radius 2 is 1.88 bits per heavy atom. The molecular weight excluding hydrogens is 446 g/mol. The smallest absolute Gasteiger partial charge is 0.256 e. The maximum absolute atomic E-state index is 13.0. The van der Waals surface area contributed by atoms with Crippen LogP contribution in [0.3, 0.4) is 0 Å². The highest BCUT2D eigenvalue weighted by Gasteiger charge is 2.18. The van der Waals surface area contributed by atoms with Gasteiger partial charge in [0.25, 0.3) is 5.91 Å². The van der Waals surface area contributed by atoms with Crippen molar-refractivity contribution in [3.63, 3.8) is 0 Å². The molecule has 0 saturated heterocycles. The molecule has 0 aliphatic carbocycles. The topological polar surface area (TPSA) is 89.6 Å². The van der Waals surface area contributed by atoms with Crippen molar-refractivity contribution in [3.8, 4) is 22.8 Å². The van der Waals surface area contributed by atoms with Crippen LogP contribution in [0.4, 0.5) is 5.00 Å². The molecule has 2 aromatic carbocycles. The second kappa shape index (κ2) is 11.4. The molecule has 0 unspecified atom stereocenters. The second-order valence-electron chi connectivity index (χ2n) is 6.43. The summed E-state index contributed by atoms with van der Waals surface area (Å²) in [6.45, 7) is 4.00. The van der Waals surface area contributed by atoms with Gasteiger partial charge >= 0.3 is 0 Å². The Morgan fingerprint density at radius 3 is 2.56 bits per heavy atom. The third kappa shape index (κ3) is 5.89. The van der Waals surface area contributed by atoms with Crippen LogP contribution >= 0.6 is 23.1 Å². The summed E-state index contributed by atoms with van der Waals surface area (Å²) in [6.07, 6.45) is 1.63. The van der Waals surface area contributed by atoms with Crippen LogP contribution in [0.25, 0.3) is 11.3 Å². The maximum Gasteiger partial charge on any atom is 0.256 e. The first-order valence-electron chi connectivity index (χ1n) is 9.65. The molecule has 0 aliphatic heterocycles. The average molecular weight is 470 g/mol. The van der Waals surface area contributed by atoms with E-state index < -0.39 is 0 Å². The molecule has 0 atom stereocenters. The van der Waals surface area contributed by atoms with E-state index in [0.29, 0.717) is 38.6 Å². The number of nitrogens with zero attached hydrogens (tertiary/aromatic N) is 1. The summed E-state index contributed by atoms with van der Waals surface area (Å²) < 4.78 is 11.2. The van der Waals surface area contributed by atoms with Gasteiger partial charge in [-0.25, -0.2) is 4.98 Å². The summed E-state index contributed by atoms with van der Waals surface area (Å²) in [5, 5.41) is 6.29. The highest BCUT2D eigenvalue weighted by molar-refractivity contribution is 8.01. The van der Waals surface area contributed by atoms with Crippen LogP contribution < -0.4 is 20.1 Å². The zero-order chi connectivity index (χ0) is 22.9. The summed E-state index contributed by atoms with van der Waals surface area (Å²) in [5.41, 5.74) is 1.95. The van der Waals surface area contributed by atoms with E-state index in [0.717, 1.165) is 5.56 Å². The number of benzene rings is 2. The summed E-state index contributed by atoms with van der Waals surface area (Å²) in [7, 11) is 3.06. The molecule has 0 radical (unpaired) electrons. The number of carbonyl (C=O) groups excluding carboxylic acids is 2. The van der Waals surface area contributed by atoms with Crippen LogP contribution in [0.5, 0.6) is 11.5 Å². The second-order valence-corrected chi connectivity index (χ2v) is 8.65. The van der Waals surface area contributed by atoms with Gasteiger partial charge < -0.3 is 20.1 Å². The molecule has 1 aromatic heterocycles. The molecule has 0 bridgehead atoms. The van der Waals surface area contributed by atoms with Gasteiger partial charge in [0.1, 0.15) is 10.7 Å². The number of hydrogen-bond donors (Lipinski definition) is 2. The minimum absolute atomic E-state index is 0.109. The van der Waals surface area contributed by atoms with Crippen LogP contribution in [0.15, 0.2) is 65.5 Å². The maximum atomic E-state index is 13.0. The summed E-state index contributed by atoms with van der Waals surface area (Å²) in [4.78, 5) is 29.5. The number of ether oxygens (including phenoxy) is 2. The predicted molar refractivity (Wildman–Crippen MR) is 129 cm³/mol. The monoisotopic (exact) mass is 469 g/mol. The van der Waals surface area contributed by atoms with E-state index in [9.17, 15) is 9.59 Å². The van der Waals surface area contributed by atoms with Crippen LogP contribution in [-0.2, 0) is 4.79 Å². The zero-order valence-electron chi connectivity index (χ0n) is 17.7. The number of rotatable bonds is 10. The first-order valence-corrected chi connectivity index (χ1v) is 11.5. The Labute approximate surface area is 194 Å². The minimum Gasteiger partial charge on any atom is -0.493 e. The lowest BCUT2D eigenvalue weighted by Crippen LogP contribution is -2.24. The third-order valence-corrected chi connectivity index (χ3v) is 6.41. The van der Waals surface area contributed by atoms with Crippen LogP contribution in [0, 0.1) is 0 Å². The molecule has 32 heavy (non-hydrogen) atoms. The Hall–Kier alpha value is -3.30. The number of methoxy groups -OCH3 is 2. The number of thioether (sulfide) groups is 1. The van der Waals surface area contributed by atoms with Crippen molar-refractivity contribution in [2.75, 3.05) is 31.8 Å². The van der Waals surface area contributed by atoms with Crippen LogP contribution in [0.2, 0.25) is 0 Å². The van der Waals surface area contributed by atoms with Crippen LogP contribution in [0.1, 0.15) is 10.4 Å². The minimum atomic E-state index is -0.299. The molecule has 2 amide bonds. The standard InChI is InChI=1S/C23H23N3O4S2/c1-4-12-24-19(27)14-31-23-25-20(15-8-6-5-7-9-15)22(32-23)26-21(28)16-10-11-17(29-2)18(13-16)30-3/h4-11,13H,1,12,14H2,2-3H3,(H,24,27)(H,26,28). The fraction of sp³-hybridized carbons (Fsp3) is 0.174. The quantitative estimate of drug-likeness (QED) is 0.336. The molecule has 7 nitrogen and oxygen atoms in total. The Morgan fingerprint density at radius 1 is 1.12 bits per heavy atom. The number of nitrogens with one attached hydrogen (secondary N) is 2. The number of amides is 2. The van der Waals surface area contributed by atoms with E-state index >= 15 is 0 Å². The largest absolute Gasteiger partial charge is 0.493 e. The summed E-state index contributed by atoms with van der Waals surface area (Å²) in [6, 6.07) is 14.5. The average Bonchev–Trinajstić information content (AvgIpc) is 3.23. The van der Waals surface area contributed by atoms with E-state index in [4.69, 9.17) is 9.47 Å². The van der Waals surface area contributed by atoms with Crippen molar-refractivity contribution in [1.29, 1.82) is 0 Å². The van der Waals surface area contributed by atoms with E-state index in [1.807, 2.05) is 30.3 Å². The van der Waals surface area contributed by atoms with Crippen molar-refractivity contribution in [2.24, 2.45) is 0 Å². The lowest BCUT2D eigenvalue weighted by molar-refractivity contribution is -0.118. The Balaban J connectivity index is 1.84. The van der Waals surface area contributed by atoms with Crippen molar-refractivity contribution in [3.05, 3.63) is 66.7 Å². The molecule has 0 spiro atoms. The van der Waals surface area contributed by atoms with Crippen molar-refractivity contribution >= 4 is 39.9 Å². The molecule has 2 N–H and O–H groups in total. The molecule has 3 aromatic rings. The van der Waals surface area contributed by atoms with Gasteiger partial charge in [-0.1, -0.05) is 59.5 Å². The SMILES string of the molecule is C=CCNC(=O)CSc1nc(-c2ccccc2)c(NC(=O)c2ccc(OC)c(OC)c2)s1. The lowest BCUT2D eigenvalue weighted by atomic mass is 10.1. The van der Waals surface area contributed by atoms with Gasteiger partial charge in [0, 0.05) is 17.7 Å². The van der Waals surface area contributed by atoms with Gasteiger partial charge in [0.15, 0.2) is 15.8 Å². The third-order valence-electron chi connectivity index (χ3n) is 4.30. The first-order chi connectivity index (χ1) is 15.5. The summed E-state index contributed by atoms with van der Waals surface area (Å²) >= 11 is 2.64. The molecule has 3 rings (SSSR count). The predicted octanol–water partition coefficient (Wildman–Crippen LogP) is 4.47. The van der Waals surface area contributed by atoms with Gasteiger partial charge in [-0.15, -0.1) is 6.58 Å². The molecule has 0 aliphatic rings. The molecular formula is C23H23N3O4S2. The van der Waals surface area contributed by atoms with E-state index in [1.54, 1.807) is 24.3 Å². The highest BCUT2D eigenvalue weighted by atomic mass is 32.2. The zero-order valence-corrected chi connectivity index (χ0v) is 19.3. The summed E-state index contributed by atoms with van der Waals surface area (Å²) in [5.74, 6) is 0.822. The lowest BCUT2D eigenvalue weighted by Gasteiger charge is -2.10. The van der Waals surface area contributed by atoms with Gasteiger partial charge in [0.2, 0.25) is 5.91 Å². The number of aromatic nitrogens is 1. The van der Waals surface area contributed by atoms with Gasteiger partial charge in [-0.3, -0.25) is 9.59 Å². The number of hydrogen-bond acceptors (Lipinski definition) is 7. The fourth-order valence-electron chi connectivity index (χ4n) is 2.76. The Kier molecular flexibility index (Phi) is 8.29. The molecule has 0 fully saturated rings. The van der Waals surface area contributed by atoms with Crippen molar-refractivity contribution in [2.45, 2.75) is 4.34 Å². The molecule has 0 saturated carbocycles. The number of carbonyl (C=O) groups is 2. The molecule has 9 heteroatoms. The first kappa shape index (κ1) is 23.4. The molecule has 166 valence electrons. The molecule has 1 heterocycles. The highest BCUT2D eigenvalue weighted by Crippen LogP contribution is 2.38. The van der Waals surface area contributed by atoms with Gasteiger partial charge in [-0.05, 0) is 18.2 Å². The Bertz CT molecular complexity index is 1100. The normalized spacial score (nSPS) is 10.3. The van der Waals surface area contributed by atoms with E-state index in [-0.39, 0.29) is 17.6 Å². The number of thiazole rings is 1. The van der Waals surface area contributed by atoms with Crippen molar-refractivity contribution < 1.29 is 19.1 Å². The van der Waals surface area contributed by atoms with Crippen molar-refractivity contribution in [1.82, 2.24) is 10.3 Å².